The summed E-state index contributed by atoms with van der Waals surface area (Å²) in [6, 6.07) is 0. The molecule has 0 spiro atoms. The van der Waals surface area contributed by atoms with Crippen molar-refractivity contribution in [2.75, 3.05) is 7.11 Å². The zero-order valence-electron chi connectivity index (χ0n) is 8.44. The van der Waals surface area contributed by atoms with E-state index in [1.165, 1.54) is 31.4 Å². The standard InChI is InChI=1S/C9H11ClN2O2S/c1-6(3-8(13)14-2)15-9-7(10)4-11-5-12-9/h4-6H,3H2,1-2H3. The number of nitrogens with zero attached hydrogens (tertiary/aromatic N) is 2. The van der Waals surface area contributed by atoms with Crippen LogP contribution in [0.15, 0.2) is 17.6 Å². The van der Waals surface area contributed by atoms with Gasteiger partial charge in [-0.3, -0.25) is 4.79 Å². The van der Waals surface area contributed by atoms with Crippen molar-refractivity contribution in [2.24, 2.45) is 0 Å². The number of ether oxygens (including phenoxy) is 1. The van der Waals surface area contributed by atoms with E-state index in [2.05, 4.69) is 14.7 Å². The fourth-order valence-electron chi connectivity index (χ4n) is 0.938. The molecule has 1 unspecified atom stereocenters. The Hall–Kier alpha value is -0.810. The number of esters is 1. The second-order valence-electron chi connectivity index (χ2n) is 2.88. The molecule has 1 aromatic heterocycles. The first kappa shape index (κ1) is 12.3. The van der Waals surface area contributed by atoms with Gasteiger partial charge in [0.25, 0.3) is 0 Å². The van der Waals surface area contributed by atoms with Crippen molar-refractivity contribution >= 4 is 29.3 Å². The van der Waals surface area contributed by atoms with Crippen LogP contribution in [0.25, 0.3) is 0 Å². The summed E-state index contributed by atoms with van der Waals surface area (Å²) in [7, 11) is 1.37. The quantitative estimate of drug-likeness (QED) is 0.463. The number of thioether (sulfide) groups is 1. The number of aromatic nitrogens is 2. The van der Waals surface area contributed by atoms with Crippen molar-refractivity contribution < 1.29 is 9.53 Å². The zero-order valence-corrected chi connectivity index (χ0v) is 10.0. The summed E-state index contributed by atoms with van der Waals surface area (Å²) < 4.78 is 4.57. The minimum Gasteiger partial charge on any atom is -0.469 e. The lowest BCUT2D eigenvalue weighted by atomic mass is 10.3. The predicted octanol–water partition coefficient (Wildman–Crippen LogP) is 2.17. The van der Waals surface area contributed by atoms with Gasteiger partial charge in [0.2, 0.25) is 0 Å². The molecule has 1 rings (SSSR count). The Balaban J connectivity index is 2.55. The summed E-state index contributed by atoms with van der Waals surface area (Å²) in [5.41, 5.74) is 0. The maximum absolute atomic E-state index is 11.0. The van der Waals surface area contributed by atoms with E-state index in [1.54, 1.807) is 0 Å². The molecule has 4 nitrogen and oxygen atoms in total. The molecule has 0 fully saturated rings. The smallest absolute Gasteiger partial charge is 0.306 e. The van der Waals surface area contributed by atoms with Crippen molar-refractivity contribution in [2.45, 2.75) is 23.6 Å². The monoisotopic (exact) mass is 246 g/mol. The number of hydrogen-bond donors (Lipinski definition) is 0. The third-order valence-electron chi connectivity index (χ3n) is 1.63. The van der Waals surface area contributed by atoms with Crippen LogP contribution in [-0.4, -0.2) is 28.3 Å². The van der Waals surface area contributed by atoms with Crippen LogP contribution in [-0.2, 0) is 9.53 Å². The molecule has 15 heavy (non-hydrogen) atoms. The summed E-state index contributed by atoms with van der Waals surface area (Å²) >= 11 is 7.31. The third-order valence-corrected chi connectivity index (χ3v) is 3.13. The van der Waals surface area contributed by atoms with E-state index >= 15 is 0 Å². The normalized spacial score (nSPS) is 12.2. The highest BCUT2D eigenvalue weighted by Crippen LogP contribution is 2.28. The number of carbonyl (C=O) groups is 1. The maximum Gasteiger partial charge on any atom is 0.306 e. The molecule has 0 amide bonds. The molecule has 0 radical (unpaired) electrons. The molecule has 1 aromatic rings. The molecule has 6 heteroatoms. The van der Waals surface area contributed by atoms with Gasteiger partial charge in [-0.2, -0.15) is 0 Å². The van der Waals surface area contributed by atoms with Gasteiger partial charge in [0, 0.05) is 5.25 Å². The Morgan fingerprint density at radius 3 is 3.07 bits per heavy atom. The average Bonchev–Trinajstić information content (AvgIpc) is 2.21. The van der Waals surface area contributed by atoms with Gasteiger partial charge in [0.05, 0.1) is 24.8 Å². The van der Waals surface area contributed by atoms with E-state index in [0.29, 0.717) is 16.5 Å². The molecule has 0 aromatic carbocycles. The second-order valence-corrected chi connectivity index (χ2v) is 4.72. The van der Waals surface area contributed by atoms with E-state index in [4.69, 9.17) is 11.6 Å². The summed E-state index contributed by atoms with van der Waals surface area (Å²) in [5, 5.41) is 1.26. The number of hydrogen-bond acceptors (Lipinski definition) is 5. The molecule has 0 aliphatic rings. The molecule has 82 valence electrons. The lowest BCUT2D eigenvalue weighted by Gasteiger charge is -2.09. The Labute approximate surface area is 97.4 Å². The Morgan fingerprint density at radius 2 is 2.47 bits per heavy atom. The van der Waals surface area contributed by atoms with Crippen LogP contribution in [0.1, 0.15) is 13.3 Å². The Kier molecular flexibility index (Phi) is 4.84. The first-order valence-electron chi connectivity index (χ1n) is 4.32. The first-order valence-corrected chi connectivity index (χ1v) is 5.58. The Bertz CT molecular complexity index is 349. The average molecular weight is 247 g/mol. The second kappa shape index (κ2) is 5.92. The van der Waals surface area contributed by atoms with Gasteiger partial charge in [-0.1, -0.05) is 18.5 Å². The highest BCUT2D eigenvalue weighted by atomic mass is 35.5. The van der Waals surface area contributed by atoms with Crippen LogP contribution in [0.4, 0.5) is 0 Å². The summed E-state index contributed by atoms with van der Waals surface area (Å²) in [5.74, 6) is -0.236. The zero-order chi connectivity index (χ0) is 11.3. The molecular formula is C9H11ClN2O2S. The van der Waals surface area contributed by atoms with Crippen LogP contribution >= 0.6 is 23.4 Å². The van der Waals surface area contributed by atoms with Crippen LogP contribution in [0, 0.1) is 0 Å². The van der Waals surface area contributed by atoms with Gasteiger partial charge in [-0.15, -0.1) is 11.8 Å². The van der Waals surface area contributed by atoms with Crippen molar-refractivity contribution in [3.8, 4) is 0 Å². The number of methoxy groups -OCH3 is 1. The molecule has 0 saturated heterocycles. The van der Waals surface area contributed by atoms with Crippen LogP contribution < -0.4 is 0 Å². The number of carbonyl (C=O) groups excluding carboxylic acids is 1. The van der Waals surface area contributed by atoms with Crippen LogP contribution in [0.3, 0.4) is 0 Å². The van der Waals surface area contributed by atoms with Crippen molar-refractivity contribution in [1.29, 1.82) is 0 Å². The van der Waals surface area contributed by atoms with Gasteiger partial charge in [0.1, 0.15) is 11.4 Å². The minimum absolute atomic E-state index is 0.0739. The van der Waals surface area contributed by atoms with E-state index in [1.807, 2.05) is 6.92 Å². The Morgan fingerprint density at radius 1 is 1.73 bits per heavy atom. The van der Waals surface area contributed by atoms with Gasteiger partial charge in [0.15, 0.2) is 0 Å². The molecular weight excluding hydrogens is 236 g/mol. The van der Waals surface area contributed by atoms with E-state index < -0.39 is 0 Å². The maximum atomic E-state index is 11.0. The molecule has 0 bridgehead atoms. The van der Waals surface area contributed by atoms with Gasteiger partial charge in [-0.05, 0) is 0 Å². The molecule has 0 N–H and O–H groups in total. The lowest BCUT2D eigenvalue weighted by molar-refractivity contribution is -0.140. The highest BCUT2D eigenvalue weighted by molar-refractivity contribution is 8.00. The lowest BCUT2D eigenvalue weighted by Crippen LogP contribution is -2.08. The van der Waals surface area contributed by atoms with Crippen molar-refractivity contribution in [3.63, 3.8) is 0 Å². The summed E-state index contributed by atoms with van der Waals surface area (Å²) in [4.78, 5) is 18.8. The molecule has 0 aliphatic heterocycles. The number of rotatable bonds is 4. The first-order chi connectivity index (χ1) is 7.13. The largest absolute Gasteiger partial charge is 0.469 e. The number of halogens is 1. The third kappa shape index (κ3) is 4.05. The van der Waals surface area contributed by atoms with Crippen LogP contribution in [0.2, 0.25) is 5.02 Å². The molecule has 1 atom stereocenters. The SMILES string of the molecule is COC(=O)CC(C)Sc1ncncc1Cl. The molecule has 0 aliphatic carbocycles. The fourth-order valence-corrected chi connectivity index (χ4v) is 2.05. The van der Waals surface area contributed by atoms with Gasteiger partial charge < -0.3 is 4.74 Å². The van der Waals surface area contributed by atoms with E-state index in [0.717, 1.165) is 0 Å². The van der Waals surface area contributed by atoms with Crippen LogP contribution in [0.5, 0.6) is 0 Å². The summed E-state index contributed by atoms with van der Waals surface area (Å²) in [6.45, 7) is 1.92. The summed E-state index contributed by atoms with van der Waals surface area (Å²) in [6.07, 6.45) is 3.29. The highest BCUT2D eigenvalue weighted by Gasteiger charge is 2.13. The van der Waals surface area contributed by atoms with E-state index in [-0.39, 0.29) is 11.2 Å². The molecule has 0 saturated carbocycles. The minimum atomic E-state index is -0.236. The van der Waals surface area contributed by atoms with Gasteiger partial charge >= 0.3 is 5.97 Å². The fraction of sp³-hybridized carbons (Fsp3) is 0.444. The van der Waals surface area contributed by atoms with Crippen molar-refractivity contribution in [1.82, 2.24) is 9.97 Å². The van der Waals surface area contributed by atoms with Gasteiger partial charge in [-0.25, -0.2) is 9.97 Å². The van der Waals surface area contributed by atoms with Crippen molar-refractivity contribution in [3.05, 3.63) is 17.5 Å². The van der Waals surface area contributed by atoms with E-state index in [9.17, 15) is 4.79 Å². The topological polar surface area (TPSA) is 52.1 Å². The molecule has 1 heterocycles. The predicted molar refractivity (Wildman–Crippen MR) is 59.0 cm³/mol.